The number of nitrogens with zero attached hydrogens (tertiary/aromatic N) is 3. The predicted octanol–water partition coefficient (Wildman–Crippen LogP) is 2.79. The van der Waals surface area contributed by atoms with Gasteiger partial charge in [0.25, 0.3) is 5.56 Å². The quantitative estimate of drug-likeness (QED) is 0.488. The molecule has 13 heteroatoms. The van der Waals surface area contributed by atoms with Gasteiger partial charge in [-0.2, -0.15) is 13.2 Å². The number of hydrogen-bond donors (Lipinski definition) is 0. The normalized spacial score (nSPS) is 22.0. The van der Waals surface area contributed by atoms with Crippen molar-refractivity contribution in [2.75, 3.05) is 7.11 Å². The Morgan fingerprint density at radius 1 is 1.30 bits per heavy atom. The molecule has 0 bridgehead atoms. The number of methoxy groups -OCH3 is 1. The number of benzene rings is 1. The number of halogens is 5. The molecule has 2 unspecified atom stereocenters. The number of oxime groups is 1. The van der Waals surface area contributed by atoms with Gasteiger partial charge in [0, 0.05) is 25.1 Å². The highest BCUT2D eigenvalue weighted by atomic mass is 35.5. The van der Waals surface area contributed by atoms with Crippen LogP contribution in [0.4, 0.5) is 17.6 Å². The molecule has 8 nitrogen and oxygen atoms in total. The van der Waals surface area contributed by atoms with Gasteiger partial charge in [-0.25, -0.2) is 18.5 Å². The van der Waals surface area contributed by atoms with Gasteiger partial charge < -0.3 is 9.57 Å². The Balaban J connectivity index is 1.88. The molecule has 1 fully saturated rings. The lowest BCUT2D eigenvalue weighted by atomic mass is 9.84. The van der Waals surface area contributed by atoms with Crippen LogP contribution < -0.4 is 11.2 Å². The van der Waals surface area contributed by atoms with Crippen molar-refractivity contribution >= 4 is 23.3 Å². The van der Waals surface area contributed by atoms with Gasteiger partial charge in [-0.1, -0.05) is 16.8 Å². The first-order chi connectivity index (χ1) is 15.4. The molecular formula is C20H16ClF4N3O5. The second-order valence-electron chi connectivity index (χ2n) is 7.72. The van der Waals surface area contributed by atoms with Crippen LogP contribution in [0, 0.1) is 11.7 Å². The standard InChI is InChI=1S/C20H16ClF4N3O5/c1-27-14(20(23,24)25)8-15(29)28(18(27)31)13-6-9(11(21)7-12(13)22)16-10-4-3-5-19(10,33-26-16)17(30)32-2/h6-8,10H,3-5H2,1-2H3. The zero-order valence-corrected chi connectivity index (χ0v) is 18.0. The van der Waals surface area contributed by atoms with Crippen LogP contribution in [0.1, 0.15) is 30.5 Å². The van der Waals surface area contributed by atoms with E-state index in [4.69, 9.17) is 21.2 Å². The lowest BCUT2D eigenvalue weighted by Crippen LogP contribution is -2.44. The first kappa shape index (κ1) is 23.0. The molecule has 1 saturated carbocycles. The van der Waals surface area contributed by atoms with E-state index in [0.29, 0.717) is 19.3 Å². The van der Waals surface area contributed by atoms with Gasteiger partial charge in [0.15, 0.2) is 0 Å². The van der Waals surface area contributed by atoms with Crippen molar-refractivity contribution in [2.45, 2.75) is 31.0 Å². The van der Waals surface area contributed by atoms with E-state index in [-0.39, 0.29) is 31.5 Å². The maximum Gasteiger partial charge on any atom is 0.431 e. The van der Waals surface area contributed by atoms with Crippen molar-refractivity contribution in [3.8, 4) is 5.69 Å². The van der Waals surface area contributed by atoms with Crippen LogP contribution in [0.2, 0.25) is 5.02 Å². The molecule has 33 heavy (non-hydrogen) atoms. The highest BCUT2D eigenvalue weighted by Gasteiger charge is 2.59. The fraction of sp³-hybridized carbons (Fsp3) is 0.400. The number of esters is 1. The van der Waals surface area contributed by atoms with Crippen LogP contribution in [0.25, 0.3) is 5.69 Å². The summed E-state index contributed by atoms with van der Waals surface area (Å²) in [6.07, 6.45) is -3.57. The molecule has 0 spiro atoms. The predicted molar refractivity (Wildman–Crippen MR) is 107 cm³/mol. The number of ether oxygens (including phenoxy) is 1. The van der Waals surface area contributed by atoms with Gasteiger partial charge >= 0.3 is 17.8 Å². The van der Waals surface area contributed by atoms with Crippen molar-refractivity contribution in [1.82, 2.24) is 9.13 Å². The van der Waals surface area contributed by atoms with Gasteiger partial charge in [0.1, 0.15) is 11.5 Å². The fourth-order valence-electron chi connectivity index (χ4n) is 4.35. The summed E-state index contributed by atoms with van der Waals surface area (Å²) >= 11 is 6.20. The number of alkyl halides is 3. The summed E-state index contributed by atoms with van der Waals surface area (Å²) in [5, 5.41) is 3.81. The molecule has 1 aliphatic carbocycles. The average molecular weight is 490 g/mol. The van der Waals surface area contributed by atoms with E-state index in [1.165, 1.54) is 7.11 Å². The number of carbonyl (C=O) groups excluding carboxylic acids is 1. The van der Waals surface area contributed by atoms with Crippen LogP contribution >= 0.6 is 11.6 Å². The van der Waals surface area contributed by atoms with Crippen LogP contribution in [-0.2, 0) is 27.6 Å². The molecule has 0 amide bonds. The summed E-state index contributed by atoms with van der Waals surface area (Å²) in [5.74, 6) is -2.35. The van der Waals surface area contributed by atoms with E-state index < -0.39 is 52.1 Å². The monoisotopic (exact) mass is 489 g/mol. The van der Waals surface area contributed by atoms with Crippen molar-refractivity contribution in [1.29, 1.82) is 0 Å². The molecule has 2 heterocycles. The van der Waals surface area contributed by atoms with E-state index in [0.717, 1.165) is 19.2 Å². The summed E-state index contributed by atoms with van der Waals surface area (Å²) in [7, 11) is 2.01. The summed E-state index contributed by atoms with van der Waals surface area (Å²) in [6, 6.07) is 2.04. The number of carbonyl (C=O) groups is 1. The van der Waals surface area contributed by atoms with Gasteiger partial charge in [-0.15, -0.1) is 0 Å². The van der Waals surface area contributed by atoms with Crippen LogP contribution in [-0.4, -0.2) is 33.5 Å². The van der Waals surface area contributed by atoms with Crippen molar-refractivity contribution < 1.29 is 31.9 Å². The lowest BCUT2D eigenvalue weighted by Gasteiger charge is -2.23. The Morgan fingerprint density at radius 3 is 2.64 bits per heavy atom. The molecule has 0 N–H and O–H groups in total. The third kappa shape index (κ3) is 3.43. The molecule has 4 rings (SSSR count). The molecule has 1 aliphatic heterocycles. The molecule has 1 aromatic carbocycles. The highest BCUT2D eigenvalue weighted by molar-refractivity contribution is 6.34. The summed E-state index contributed by atoms with van der Waals surface area (Å²) in [5.41, 5.74) is -6.01. The Kier molecular flexibility index (Phi) is 5.38. The van der Waals surface area contributed by atoms with Crippen molar-refractivity contribution in [3.63, 3.8) is 0 Å². The molecule has 2 aliphatic rings. The van der Waals surface area contributed by atoms with E-state index in [1.807, 2.05) is 0 Å². The van der Waals surface area contributed by atoms with E-state index in [9.17, 15) is 31.9 Å². The molecular weight excluding hydrogens is 474 g/mol. The molecule has 2 atom stereocenters. The third-order valence-corrected chi connectivity index (χ3v) is 6.25. The average Bonchev–Trinajstić information content (AvgIpc) is 3.31. The highest BCUT2D eigenvalue weighted by Crippen LogP contribution is 2.47. The van der Waals surface area contributed by atoms with Gasteiger partial charge in [-0.3, -0.25) is 9.36 Å². The molecule has 2 aromatic rings. The van der Waals surface area contributed by atoms with Crippen molar-refractivity contribution in [3.05, 3.63) is 61.1 Å². The topological polar surface area (TPSA) is 91.9 Å². The second-order valence-corrected chi connectivity index (χ2v) is 8.13. The zero-order valence-electron chi connectivity index (χ0n) is 17.2. The Morgan fingerprint density at radius 2 is 2.00 bits per heavy atom. The smallest absolute Gasteiger partial charge is 0.431 e. The fourth-order valence-corrected chi connectivity index (χ4v) is 4.60. The summed E-state index contributed by atoms with van der Waals surface area (Å²) in [6.45, 7) is 0. The lowest BCUT2D eigenvalue weighted by molar-refractivity contribution is -0.168. The van der Waals surface area contributed by atoms with E-state index in [1.54, 1.807) is 0 Å². The molecule has 0 radical (unpaired) electrons. The Labute approximate surface area is 188 Å². The minimum Gasteiger partial charge on any atom is -0.466 e. The largest absolute Gasteiger partial charge is 0.466 e. The molecule has 1 aromatic heterocycles. The Bertz CT molecular complexity index is 1320. The number of rotatable bonds is 3. The van der Waals surface area contributed by atoms with E-state index >= 15 is 0 Å². The van der Waals surface area contributed by atoms with Gasteiger partial charge in [-0.05, 0) is 25.0 Å². The first-order valence-corrected chi connectivity index (χ1v) is 10.0. The first-order valence-electron chi connectivity index (χ1n) is 9.67. The maximum absolute atomic E-state index is 14.8. The van der Waals surface area contributed by atoms with Gasteiger partial charge in [0.05, 0.1) is 29.4 Å². The number of hydrogen-bond acceptors (Lipinski definition) is 6. The van der Waals surface area contributed by atoms with Crippen LogP contribution in [0.5, 0.6) is 0 Å². The SMILES string of the molecule is COC(=O)C12CCCC1C(c1cc(-n3c(=O)cc(C(F)(F)F)n(C)c3=O)c(F)cc1Cl)=NO2. The minimum atomic E-state index is -4.97. The summed E-state index contributed by atoms with van der Waals surface area (Å²) < 4.78 is 59.5. The van der Waals surface area contributed by atoms with E-state index in [2.05, 4.69) is 5.16 Å². The maximum atomic E-state index is 14.8. The number of fused-ring (bicyclic) bond motifs is 1. The Hall–Kier alpha value is -3.15. The minimum absolute atomic E-state index is 0.0691. The summed E-state index contributed by atoms with van der Waals surface area (Å²) in [4.78, 5) is 42.8. The molecule has 176 valence electrons. The van der Waals surface area contributed by atoms with Gasteiger partial charge in [0.2, 0.25) is 5.60 Å². The molecule has 0 saturated heterocycles. The second kappa shape index (κ2) is 7.72. The van der Waals surface area contributed by atoms with Crippen LogP contribution in [0.3, 0.4) is 0 Å². The zero-order chi connectivity index (χ0) is 24.3. The van der Waals surface area contributed by atoms with Crippen LogP contribution in [0.15, 0.2) is 32.9 Å². The third-order valence-electron chi connectivity index (χ3n) is 5.94. The number of aromatic nitrogens is 2. The van der Waals surface area contributed by atoms with Crippen molar-refractivity contribution in [2.24, 2.45) is 18.1 Å².